The number of hydrogen-bond donors (Lipinski definition) is 4. The maximum absolute atomic E-state index is 12.4. The van der Waals surface area contributed by atoms with Crippen LogP contribution in [0.25, 0.3) is 0 Å². The molecule has 0 spiro atoms. The van der Waals surface area contributed by atoms with Crippen molar-refractivity contribution in [2.75, 3.05) is 11.9 Å². The molecule has 0 aliphatic carbocycles. The van der Waals surface area contributed by atoms with E-state index in [1.165, 1.54) is 6.07 Å². The first-order valence-corrected chi connectivity index (χ1v) is 9.79. The van der Waals surface area contributed by atoms with Gasteiger partial charge in [-0.15, -0.1) is 0 Å². The zero-order valence-electron chi connectivity index (χ0n) is 16.7. The summed E-state index contributed by atoms with van der Waals surface area (Å²) in [6, 6.07) is 11.9. The normalized spacial score (nSPS) is 11.5. The van der Waals surface area contributed by atoms with Gasteiger partial charge < -0.3 is 26.6 Å². The Hall–Kier alpha value is -3.23. The van der Waals surface area contributed by atoms with Gasteiger partial charge in [0.2, 0.25) is 5.91 Å². The molecular weight excluding hydrogens is 386 g/mol. The van der Waals surface area contributed by atoms with E-state index in [0.717, 1.165) is 12.0 Å². The second-order valence-corrected chi connectivity index (χ2v) is 6.86. The van der Waals surface area contributed by atoms with Crippen LogP contribution < -0.4 is 16.8 Å². The molecule has 0 aliphatic rings. The van der Waals surface area contributed by atoms with Crippen LogP contribution in [0.5, 0.6) is 5.75 Å². The van der Waals surface area contributed by atoms with Crippen molar-refractivity contribution in [3.05, 3.63) is 59.7 Å². The number of anilines is 1. The van der Waals surface area contributed by atoms with Gasteiger partial charge in [0, 0.05) is 6.42 Å². The number of aryl methyl sites for hydroxylation is 1. The third-order valence-electron chi connectivity index (χ3n) is 4.46. The quantitative estimate of drug-likeness (QED) is 0.265. The van der Waals surface area contributed by atoms with Crippen LogP contribution in [-0.4, -0.2) is 35.5 Å². The van der Waals surface area contributed by atoms with Gasteiger partial charge >= 0.3 is 11.9 Å². The zero-order chi connectivity index (χ0) is 21.9. The number of amides is 1. The highest BCUT2D eigenvalue weighted by Gasteiger charge is 2.22. The summed E-state index contributed by atoms with van der Waals surface area (Å²) in [6.07, 6.45) is 2.41. The monoisotopic (exact) mass is 413 g/mol. The van der Waals surface area contributed by atoms with Crippen molar-refractivity contribution < 1.29 is 24.2 Å². The third-order valence-corrected chi connectivity index (χ3v) is 4.46. The molecule has 0 aliphatic heterocycles. The Bertz CT molecular complexity index is 867. The van der Waals surface area contributed by atoms with Crippen LogP contribution in [0.3, 0.4) is 0 Å². The molecule has 0 saturated heterocycles. The van der Waals surface area contributed by atoms with Crippen molar-refractivity contribution in [3.8, 4) is 5.75 Å². The second-order valence-electron chi connectivity index (χ2n) is 6.86. The van der Waals surface area contributed by atoms with E-state index in [1.54, 1.807) is 42.5 Å². The number of aromatic hydroxyl groups is 1. The molecule has 0 unspecified atom stereocenters. The van der Waals surface area contributed by atoms with Gasteiger partial charge in [0.25, 0.3) is 0 Å². The summed E-state index contributed by atoms with van der Waals surface area (Å²) in [5.74, 6) is -1.83. The Morgan fingerprint density at radius 1 is 1.03 bits per heavy atom. The number of benzene rings is 2. The Morgan fingerprint density at radius 3 is 2.43 bits per heavy atom. The SMILES string of the molecule is NCCCC[C@H](N)C(=O)OC(=O)c1ccccc1NC(=O)CCc1ccc(O)cc1. The minimum atomic E-state index is -0.910. The number of rotatable bonds is 10. The minimum Gasteiger partial charge on any atom is -0.508 e. The number of ether oxygens (including phenoxy) is 1. The maximum atomic E-state index is 12.4. The van der Waals surface area contributed by atoms with Crippen LogP contribution in [0.1, 0.15) is 41.6 Å². The van der Waals surface area contributed by atoms with Crippen molar-refractivity contribution in [3.63, 3.8) is 0 Å². The average Bonchev–Trinajstić information content (AvgIpc) is 2.73. The predicted molar refractivity (Wildman–Crippen MR) is 113 cm³/mol. The van der Waals surface area contributed by atoms with Crippen LogP contribution in [-0.2, 0) is 20.7 Å². The molecule has 2 aromatic rings. The lowest BCUT2D eigenvalue weighted by Gasteiger charge is -2.12. The summed E-state index contributed by atoms with van der Waals surface area (Å²) in [4.78, 5) is 36.7. The van der Waals surface area contributed by atoms with Crippen molar-refractivity contribution in [2.24, 2.45) is 11.5 Å². The van der Waals surface area contributed by atoms with Crippen LogP contribution in [0.4, 0.5) is 5.69 Å². The molecule has 2 rings (SSSR count). The van der Waals surface area contributed by atoms with Gasteiger partial charge in [-0.3, -0.25) is 4.79 Å². The molecule has 0 aromatic heterocycles. The molecule has 0 fully saturated rings. The molecule has 0 radical (unpaired) electrons. The largest absolute Gasteiger partial charge is 0.508 e. The summed E-state index contributed by atoms with van der Waals surface area (Å²) in [5, 5.41) is 12.0. The Morgan fingerprint density at radius 2 is 1.73 bits per heavy atom. The molecule has 8 nitrogen and oxygen atoms in total. The van der Waals surface area contributed by atoms with Gasteiger partial charge in [0.05, 0.1) is 11.3 Å². The highest BCUT2D eigenvalue weighted by Crippen LogP contribution is 2.18. The fourth-order valence-corrected chi connectivity index (χ4v) is 2.75. The van der Waals surface area contributed by atoms with Crippen LogP contribution >= 0.6 is 0 Å². The molecule has 0 bridgehead atoms. The highest BCUT2D eigenvalue weighted by atomic mass is 16.6. The molecule has 1 amide bonds. The molecule has 160 valence electrons. The van der Waals surface area contributed by atoms with Gasteiger partial charge in [-0.2, -0.15) is 0 Å². The van der Waals surface area contributed by atoms with Crippen LogP contribution in [0, 0.1) is 0 Å². The highest BCUT2D eigenvalue weighted by molar-refractivity contribution is 6.05. The molecule has 0 heterocycles. The van der Waals surface area contributed by atoms with E-state index in [-0.39, 0.29) is 29.3 Å². The lowest BCUT2D eigenvalue weighted by Crippen LogP contribution is -2.34. The number of phenolic OH excluding ortho intramolecular Hbond substituents is 1. The third kappa shape index (κ3) is 7.31. The summed E-state index contributed by atoms with van der Waals surface area (Å²) in [6.45, 7) is 0.501. The van der Waals surface area contributed by atoms with Crippen molar-refractivity contribution in [1.82, 2.24) is 0 Å². The lowest BCUT2D eigenvalue weighted by molar-refractivity contribution is -0.139. The zero-order valence-corrected chi connectivity index (χ0v) is 16.7. The number of carbonyl (C=O) groups is 3. The Labute approximate surface area is 175 Å². The number of unbranched alkanes of at least 4 members (excludes halogenated alkanes) is 1. The number of phenols is 1. The summed E-state index contributed by atoms with van der Waals surface area (Å²) >= 11 is 0. The van der Waals surface area contributed by atoms with E-state index >= 15 is 0 Å². The second kappa shape index (κ2) is 11.7. The van der Waals surface area contributed by atoms with E-state index < -0.39 is 18.0 Å². The van der Waals surface area contributed by atoms with E-state index in [0.29, 0.717) is 25.8 Å². The smallest absolute Gasteiger partial charge is 0.347 e. The number of hydrogen-bond acceptors (Lipinski definition) is 7. The molecule has 0 saturated carbocycles. The molecule has 1 atom stereocenters. The molecule has 30 heavy (non-hydrogen) atoms. The molecule has 2 aromatic carbocycles. The number of carbonyl (C=O) groups excluding carboxylic acids is 3. The standard InChI is InChI=1S/C22H27N3O5/c23-14-4-3-6-18(24)22(29)30-21(28)17-5-1-2-7-19(17)25-20(27)13-10-15-8-11-16(26)12-9-15/h1-2,5,7-9,11-12,18,26H,3-4,6,10,13-14,23-24H2,(H,25,27)/t18-/m0/s1. The number of para-hydroxylation sites is 1. The number of nitrogens with two attached hydrogens (primary N) is 2. The minimum absolute atomic E-state index is 0.0676. The van der Waals surface area contributed by atoms with Gasteiger partial charge in [-0.25, -0.2) is 9.59 Å². The summed E-state index contributed by atoms with van der Waals surface area (Å²) in [7, 11) is 0. The fourth-order valence-electron chi connectivity index (χ4n) is 2.75. The first kappa shape index (κ1) is 23.1. The Balaban J connectivity index is 1.93. The van der Waals surface area contributed by atoms with Crippen LogP contribution in [0.15, 0.2) is 48.5 Å². The first-order chi connectivity index (χ1) is 14.4. The van der Waals surface area contributed by atoms with Gasteiger partial charge in [0.1, 0.15) is 11.8 Å². The topological polar surface area (TPSA) is 145 Å². The number of nitrogens with one attached hydrogen (secondary N) is 1. The lowest BCUT2D eigenvalue weighted by atomic mass is 10.1. The maximum Gasteiger partial charge on any atom is 0.347 e. The average molecular weight is 413 g/mol. The van der Waals surface area contributed by atoms with Gasteiger partial charge in [-0.1, -0.05) is 30.7 Å². The van der Waals surface area contributed by atoms with Gasteiger partial charge in [-0.05, 0) is 55.6 Å². The van der Waals surface area contributed by atoms with E-state index in [2.05, 4.69) is 5.32 Å². The van der Waals surface area contributed by atoms with E-state index in [4.69, 9.17) is 16.2 Å². The van der Waals surface area contributed by atoms with E-state index in [9.17, 15) is 19.5 Å². The predicted octanol–water partition coefficient (Wildman–Crippen LogP) is 2.10. The summed E-state index contributed by atoms with van der Waals surface area (Å²) in [5.41, 5.74) is 12.4. The summed E-state index contributed by atoms with van der Waals surface area (Å²) < 4.78 is 4.88. The molecular formula is C22H27N3O5. The van der Waals surface area contributed by atoms with Crippen LogP contribution in [0.2, 0.25) is 0 Å². The van der Waals surface area contributed by atoms with Crippen molar-refractivity contribution in [2.45, 2.75) is 38.1 Å². The van der Waals surface area contributed by atoms with Crippen molar-refractivity contribution in [1.29, 1.82) is 0 Å². The number of esters is 2. The Kier molecular flexibility index (Phi) is 8.99. The first-order valence-electron chi connectivity index (χ1n) is 9.79. The molecule has 6 N–H and O–H groups in total. The fraction of sp³-hybridized carbons (Fsp3) is 0.318. The van der Waals surface area contributed by atoms with Crippen molar-refractivity contribution >= 4 is 23.5 Å². The molecule has 8 heteroatoms. The van der Waals surface area contributed by atoms with E-state index in [1.807, 2.05) is 0 Å². The van der Waals surface area contributed by atoms with Gasteiger partial charge in [0.15, 0.2) is 0 Å².